The Bertz CT molecular complexity index is 601. The van der Waals surface area contributed by atoms with Crippen LogP contribution in [0.5, 0.6) is 0 Å². The van der Waals surface area contributed by atoms with Gasteiger partial charge in [-0.1, -0.05) is 80.9 Å². The Kier molecular flexibility index (Phi) is 5.82. The first-order chi connectivity index (χ1) is 11.0. The molecule has 0 aliphatic heterocycles. The van der Waals surface area contributed by atoms with E-state index in [-0.39, 0.29) is 5.04 Å². The molecule has 0 unspecified atom stereocenters. The zero-order chi connectivity index (χ0) is 16.8. The fourth-order valence-corrected chi connectivity index (χ4v) is 7.07. The molecule has 0 fully saturated rings. The lowest BCUT2D eigenvalue weighted by Crippen LogP contribution is -2.65. The minimum absolute atomic E-state index is 0.162. The molecule has 120 valence electrons. The highest BCUT2D eigenvalue weighted by Gasteiger charge is 2.49. The Morgan fingerprint density at radius 2 is 1.39 bits per heavy atom. The van der Waals surface area contributed by atoms with E-state index in [9.17, 15) is 4.80 Å². The van der Waals surface area contributed by atoms with Gasteiger partial charge in [-0.2, -0.15) is 0 Å². The van der Waals surface area contributed by atoms with Crippen molar-refractivity contribution < 1.29 is 4.80 Å². The monoisotopic (exact) mass is 322 g/mol. The fourth-order valence-electron chi connectivity index (χ4n) is 3.28. The van der Waals surface area contributed by atoms with E-state index in [1.54, 1.807) is 0 Å². The van der Waals surface area contributed by atoms with Gasteiger partial charge in [0.05, 0.1) is 0 Å². The quantitative estimate of drug-likeness (QED) is 0.468. The van der Waals surface area contributed by atoms with E-state index in [2.05, 4.69) is 44.0 Å². The first-order valence-corrected chi connectivity index (χ1v) is 10.2. The summed E-state index contributed by atoms with van der Waals surface area (Å²) in [5, 5.41) is 1.99. The fraction of sp³-hybridized carbons (Fsp3) is 0.333. The van der Waals surface area contributed by atoms with Crippen molar-refractivity contribution in [1.82, 2.24) is 0 Å². The Morgan fingerprint density at radius 1 is 0.913 bits per heavy atom. The topological polar surface area (TPSA) is 20.2 Å². The minimum Gasteiger partial charge on any atom is -0.424 e. The van der Waals surface area contributed by atoms with Crippen molar-refractivity contribution in [2.75, 3.05) is 0 Å². The summed E-state index contributed by atoms with van der Waals surface area (Å²) in [6, 6.07) is 20.4. The normalized spacial score (nSPS) is 11.9. The highest BCUT2D eigenvalue weighted by Crippen LogP contribution is 2.40. The summed E-state index contributed by atoms with van der Waals surface area (Å²) in [6.45, 7) is 4.41. The highest BCUT2D eigenvalue weighted by molar-refractivity contribution is 6.98. The van der Waals surface area contributed by atoms with Crippen LogP contribution in [0.15, 0.2) is 60.7 Å². The number of rotatable bonds is 7. The second kappa shape index (κ2) is 7.63. The molecule has 2 rings (SSSR count). The average molecular weight is 323 g/mol. The third-order valence-electron chi connectivity index (χ3n) is 4.74. The standard InChI is InChI=1S/C21H26OSi/c1-4-5-6-13-18-21(2,3)23(22,19-14-9-7-10-15-19)20-16-11-8-12-17-20/h1,7-12,14-17,22H,5-6,13,18H2,2-3H3. The molecule has 0 heterocycles. The number of terminal acetylenes is 1. The van der Waals surface area contributed by atoms with Gasteiger partial charge in [0.2, 0.25) is 0 Å². The van der Waals surface area contributed by atoms with Crippen molar-refractivity contribution in [3.05, 3.63) is 60.7 Å². The molecule has 1 nitrogen and oxygen atoms in total. The molecule has 0 atom stereocenters. The van der Waals surface area contributed by atoms with Crippen molar-refractivity contribution >= 4 is 18.7 Å². The molecule has 2 heteroatoms. The van der Waals surface area contributed by atoms with Gasteiger partial charge >= 0.3 is 0 Å². The van der Waals surface area contributed by atoms with E-state index in [4.69, 9.17) is 6.42 Å². The average Bonchev–Trinajstić information content (AvgIpc) is 2.59. The molecule has 2 aromatic carbocycles. The van der Waals surface area contributed by atoms with Gasteiger partial charge < -0.3 is 4.80 Å². The van der Waals surface area contributed by atoms with Crippen LogP contribution in [0.1, 0.15) is 39.5 Å². The van der Waals surface area contributed by atoms with E-state index in [0.29, 0.717) is 0 Å². The maximum Gasteiger partial charge on any atom is 0.258 e. The van der Waals surface area contributed by atoms with Crippen molar-refractivity contribution in [2.24, 2.45) is 0 Å². The smallest absolute Gasteiger partial charge is 0.258 e. The predicted octanol–water partition coefficient (Wildman–Crippen LogP) is 3.71. The summed E-state index contributed by atoms with van der Waals surface area (Å²) in [5.74, 6) is 2.70. The first-order valence-electron chi connectivity index (χ1n) is 8.29. The molecule has 1 N–H and O–H groups in total. The second-order valence-electron chi connectivity index (χ2n) is 6.74. The summed E-state index contributed by atoms with van der Waals surface area (Å²) >= 11 is 0. The van der Waals surface area contributed by atoms with Crippen LogP contribution < -0.4 is 10.4 Å². The van der Waals surface area contributed by atoms with Crippen molar-refractivity contribution in [3.63, 3.8) is 0 Å². The van der Waals surface area contributed by atoms with E-state index < -0.39 is 8.32 Å². The molecule has 0 bridgehead atoms. The number of unbranched alkanes of at least 4 members (excludes halogenated alkanes) is 2. The van der Waals surface area contributed by atoms with Crippen LogP contribution in [0.25, 0.3) is 0 Å². The van der Waals surface area contributed by atoms with E-state index in [0.717, 1.165) is 36.1 Å². The van der Waals surface area contributed by atoms with Crippen LogP contribution in [0, 0.1) is 12.3 Å². The van der Waals surface area contributed by atoms with E-state index >= 15 is 0 Å². The van der Waals surface area contributed by atoms with Crippen molar-refractivity contribution in [1.29, 1.82) is 0 Å². The van der Waals surface area contributed by atoms with Crippen LogP contribution in [0.3, 0.4) is 0 Å². The third kappa shape index (κ3) is 3.75. The maximum atomic E-state index is 11.9. The van der Waals surface area contributed by atoms with Crippen LogP contribution >= 0.6 is 0 Å². The predicted molar refractivity (Wildman–Crippen MR) is 101 cm³/mol. The maximum absolute atomic E-state index is 11.9. The SMILES string of the molecule is C#CCCCCC(C)(C)[Si](O)(c1ccccc1)c1ccccc1. The number of hydrogen-bond donors (Lipinski definition) is 1. The highest BCUT2D eigenvalue weighted by atomic mass is 28.4. The van der Waals surface area contributed by atoms with Crippen LogP contribution in [0.2, 0.25) is 5.04 Å². The summed E-state index contributed by atoms with van der Waals surface area (Å²) < 4.78 is 0. The first kappa shape index (κ1) is 17.5. The zero-order valence-electron chi connectivity index (χ0n) is 14.1. The lowest BCUT2D eigenvalue weighted by Gasteiger charge is -2.41. The summed E-state index contributed by atoms with van der Waals surface area (Å²) in [7, 11) is -2.84. The molecule has 0 amide bonds. The molecule has 0 saturated carbocycles. The van der Waals surface area contributed by atoms with E-state index in [1.165, 1.54) is 0 Å². The molecule has 0 radical (unpaired) electrons. The molecule has 2 aromatic rings. The summed E-state index contributed by atoms with van der Waals surface area (Å²) in [6.07, 6.45) is 9.21. The molecule has 0 saturated heterocycles. The van der Waals surface area contributed by atoms with Gasteiger partial charge in [-0.3, -0.25) is 0 Å². The summed E-state index contributed by atoms with van der Waals surface area (Å²) in [5.41, 5.74) is 0. The van der Waals surface area contributed by atoms with Gasteiger partial charge in [-0.15, -0.1) is 12.3 Å². The Morgan fingerprint density at radius 3 is 1.83 bits per heavy atom. The second-order valence-corrected chi connectivity index (χ2v) is 10.7. The van der Waals surface area contributed by atoms with Crippen LogP contribution in [-0.2, 0) is 0 Å². The van der Waals surface area contributed by atoms with Crippen LogP contribution in [0.4, 0.5) is 0 Å². The van der Waals surface area contributed by atoms with E-state index in [1.807, 2.05) is 36.4 Å². The molecule has 0 aliphatic rings. The third-order valence-corrected chi connectivity index (χ3v) is 9.28. The largest absolute Gasteiger partial charge is 0.424 e. The number of hydrogen-bond acceptors (Lipinski definition) is 1. The van der Waals surface area contributed by atoms with Gasteiger partial charge in [0.25, 0.3) is 8.32 Å². The molecular formula is C21H26OSi. The molecular weight excluding hydrogens is 296 g/mol. The zero-order valence-corrected chi connectivity index (χ0v) is 15.1. The minimum atomic E-state index is -2.84. The van der Waals surface area contributed by atoms with Crippen molar-refractivity contribution in [2.45, 2.75) is 44.6 Å². The summed E-state index contributed by atoms with van der Waals surface area (Å²) in [4.78, 5) is 11.9. The van der Waals surface area contributed by atoms with Gasteiger partial charge in [0, 0.05) is 6.42 Å². The lowest BCUT2D eigenvalue weighted by molar-refractivity contribution is 0.453. The van der Waals surface area contributed by atoms with Gasteiger partial charge in [-0.25, -0.2) is 0 Å². The Hall–Kier alpha value is -1.82. The molecule has 0 spiro atoms. The van der Waals surface area contributed by atoms with Crippen molar-refractivity contribution in [3.8, 4) is 12.3 Å². The van der Waals surface area contributed by atoms with Gasteiger partial charge in [-0.05, 0) is 28.3 Å². The Balaban J connectivity index is 2.40. The lowest BCUT2D eigenvalue weighted by atomic mass is 10.0. The molecule has 0 aromatic heterocycles. The molecule has 0 aliphatic carbocycles. The van der Waals surface area contributed by atoms with Crippen LogP contribution in [-0.4, -0.2) is 13.1 Å². The van der Waals surface area contributed by atoms with Gasteiger partial charge in [0.1, 0.15) is 0 Å². The van der Waals surface area contributed by atoms with Gasteiger partial charge in [0.15, 0.2) is 0 Å². The Labute approximate surface area is 141 Å². The molecule has 23 heavy (non-hydrogen) atoms. The number of benzene rings is 2.